The summed E-state index contributed by atoms with van der Waals surface area (Å²) < 4.78 is 6.71. The van der Waals surface area contributed by atoms with Gasteiger partial charge in [-0.15, -0.1) is 0 Å². The number of methoxy groups -OCH3 is 1. The normalized spacial score (nSPS) is 18.9. The molecule has 0 unspecified atom stereocenters. The SMILES string of the molecule is CCN1CCC[C@H]1Cn1cc(C(=O)OC)c2n[nH]c(=O)c-2c1. The minimum atomic E-state index is -0.482. The van der Waals surface area contributed by atoms with Crippen molar-refractivity contribution < 1.29 is 9.53 Å². The molecule has 1 atom stereocenters. The minimum absolute atomic E-state index is 0.284. The van der Waals surface area contributed by atoms with E-state index in [0.29, 0.717) is 22.9 Å². The second-order valence-corrected chi connectivity index (χ2v) is 5.60. The van der Waals surface area contributed by atoms with Gasteiger partial charge in [-0.1, -0.05) is 6.92 Å². The van der Waals surface area contributed by atoms with Crippen LogP contribution >= 0.6 is 0 Å². The van der Waals surface area contributed by atoms with E-state index < -0.39 is 5.97 Å². The fourth-order valence-corrected chi connectivity index (χ4v) is 3.22. The molecule has 22 heavy (non-hydrogen) atoms. The van der Waals surface area contributed by atoms with Crippen LogP contribution in [0.4, 0.5) is 0 Å². The molecular weight excluding hydrogens is 284 g/mol. The van der Waals surface area contributed by atoms with Gasteiger partial charge in [-0.05, 0) is 25.9 Å². The molecule has 1 saturated heterocycles. The first-order valence-electron chi connectivity index (χ1n) is 7.54. The Morgan fingerprint density at radius 2 is 2.32 bits per heavy atom. The monoisotopic (exact) mass is 304 g/mol. The number of ether oxygens (including phenoxy) is 1. The predicted molar refractivity (Wildman–Crippen MR) is 81.1 cm³/mol. The van der Waals surface area contributed by atoms with E-state index in [1.165, 1.54) is 13.5 Å². The molecule has 0 amide bonds. The van der Waals surface area contributed by atoms with E-state index in [1.807, 2.05) is 4.57 Å². The number of hydrogen-bond donors (Lipinski definition) is 1. The van der Waals surface area contributed by atoms with E-state index in [1.54, 1.807) is 12.4 Å². The number of aromatic amines is 1. The van der Waals surface area contributed by atoms with Crippen molar-refractivity contribution in [2.45, 2.75) is 32.4 Å². The van der Waals surface area contributed by atoms with Crippen LogP contribution < -0.4 is 5.56 Å². The summed E-state index contributed by atoms with van der Waals surface area (Å²) in [5, 5.41) is 6.33. The van der Waals surface area contributed by atoms with Crippen LogP contribution in [0, 0.1) is 0 Å². The molecule has 0 bridgehead atoms. The predicted octanol–water partition coefficient (Wildman–Crippen LogP) is 0.947. The van der Waals surface area contributed by atoms with Gasteiger partial charge in [0, 0.05) is 25.0 Å². The van der Waals surface area contributed by atoms with E-state index in [-0.39, 0.29) is 5.56 Å². The summed E-state index contributed by atoms with van der Waals surface area (Å²) in [6.07, 6.45) is 5.80. The Labute approximate surface area is 128 Å². The molecule has 1 fully saturated rings. The number of carbonyl (C=O) groups is 1. The number of aromatic nitrogens is 3. The number of pyridine rings is 1. The Hall–Kier alpha value is -2.15. The number of likely N-dealkylation sites (tertiary alicyclic amines) is 1. The van der Waals surface area contributed by atoms with E-state index in [0.717, 1.165) is 26.1 Å². The van der Waals surface area contributed by atoms with Gasteiger partial charge >= 0.3 is 5.97 Å². The number of esters is 1. The van der Waals surface area contributed by atoms with Gasteiger partial charge in [0.1, 0.15) is 11.3 Å². The smallest absolute Gasteiger partial charge is 0.341 e. The molecule has 0 spiro atoms. The maximum Gasteiger partial charge on any atom is 0.341 e. The summed E-state index contributed by atoms with van der Waals surface area (Å²) in [4.78, 5) is 26.2. The number of likely N-dealkylation sites (N-methyl/N-ethyl adjacent to an activating group) is 1. The van der Waals surface area contributed by atoms with E-state index in [4.69, 9.17) is 4.74 Å². The third-order valence-electron chi connectivity index (χ3n) is 4.35. The minimum Gasteiger partial charge on any atom is -0.465 e. The van der Waals surface area contributed by atoms with Crippen molar-refractivity contribution in [1.29, 1.82) is 0 Å². The topological polar surface area (TPSA) is 80.2 Å². The summed E-state index contributed by atoms with van der Waals surface area (Å²) in [5.41, 5.74) is 0.823. The molecule has 7 heteroatoms. The van der Waals surface area contributed by atoms with Crippen LogP contribution in [-0.2, 0) is 11.3 Å². The second kappa shape index (κ2) is 5.92. The van der Waals surface area contributed by atoms with Gasteiger partial charge in [-0.25, -0.2) is 9.89 Å². The number of fused-ring (bicyclic) bond motifs is 1. The third-order valence-corrected chi connectivity index (χ3v) is 4.35. The van der Waals surface area contributed by atoms with Crippen molar-refractivity contribution in [2.24, 2.45) is 0 Å². The molecule has 3 aliphatic heterocycles. The lowest BCUT2D eigenvalue weighted by molar-refractivity contribution is 0.0600. The van der Waals surface area contributed by atoms with E-state index in [2.05, 4.69) is 22.0 Å². The summed E-state index contributed by atoms with van der Waals surface area (Å²) in [6, 6.07) is 0.431. The van der Waals surface area contributed by atoms with Gasteiger partial charge in [0.15, 0.2) is 0 Å². The van der Waals surface area contributed by atoms with Gasteiger partial charge in [0.05, 0.1) is 12.7 Å². The quantitative estimate of drug-likeness (QED) is 0.851. The summed E-state index contributed by atoms with van der Waals surface area (Å²) in [7, 11) is 1.33. The van der Waals surface area contributed by atoms with Gasteiger partial charge in [0.25, 0.3) is 5.56 Å². The van der Waals surface area contributed by atoms with Crippen LogP contribution in [0.3, 0.4) is 0 Å². The van der Waals surface area contributed by atoms with Crippen molar-refractivity contribution in [3.05, 3.63) is 28.3 Å². The van der Waals surface area contributed by atoms with Gasteiger partial charge in [0.2, 0.25) is 0 Å². The van der Waals surface area contributed by atoms with Crippen LogP contribution in [0.1, 0.15) is 30.1 Å². The van der Waals surface area contributed by atoms with E-state index in [9.17, 15) is 9.59 Å². The Kier molecular flexibility index (Phi) is 3.98. The average molecular weight is 304 g/mol. The highest BCUT2D eigenvalue weighted by atomic mass is 16.5. The highest BCUT2D eigenvalue weighted by molar-refractivity contribution is 5.95. The Morgan fingerprint density at radius 3 is 3.05 bits per heavy atom. The van der Waals surface area contributed by atoms with Crippen LogP contribution in [-0.4, -0.2) is 51.9 Å². The molecule has 3 aliphatic rings. The highest BCUT2D eigenvalue weighted by Crippen LogP contribution is 2.23. The molecule has 3 heterocycles. The summed E-state index contributed by atoms with van der Waals surface area (Å²) in [6.45, 7) is 5.01. The molecule has 0 aromatic rings. The first-order valence-corrected chi connectivity index (χ1v) is 7.54. The van der Waals surface area contributed by atoms with Crippen molar-refractivity contribution in [3.8, 4) is 11.3 Å². The van der Waals surface area contributed by atoms with Crippen LogP contribution in [0.25, 0.3) is 11.3 Å². The molecule has 0 saturated carbocycles. The number of carbonyl (C=O) groups excluding carboxylic acids is 1. The maximum absolute atomic E-state index is 11.9. The maximum atomic E-state index is 11.9. The first kappa shape index (κ1) is 14.8. The third kappa shape index (κ3) is 2.52. The number of nitrogens with zero attached hydrogens (tertiary/aromatic N) is 3. The molecule has 0 radical (unpaired) electrons. The van der Waals surface area contributed by atoms with Crippen molar-refractivity contribution >= 4 is 5.97 Å². The largest absolute Gasteiger partial charge is 0.465 e. The fraction of sp³-hybridized carbons (Fsp3) is 0.533. The summed E-state index contributed by atoms with van der Waals surface area (Å²) in [5.74, 6) is -0.482. The molecule has 1 N–H and O–H groups in total. The Balaban J connectivity index is 1.99. The lowest BCUT2D eigenvalue weighted by Gasteiger charge is -2.24. The lowest BCUT2D eigenvalue weighted by Crippen LogP contribution is -2.33. The van der Waals surface area contributed by atoms with Gasteiger partial charge in [-0.3, -0.25) is 9.69 Å². The van der Waals surface area contributed by atoms with Gasteiger partial charge in [-0.2, -0.15) is 5.10 Å². The highest BCUT2D eigenvalue weighted by Gasteiger charge is 2.26. The lowest BCUT2D eigenvalue weighted by atomic mass is 10.1. The second-order valence-electron chi connectivity index (χ2n) is 5.60. The standard InChI is InChI=1S/C15H20N4O3/c1-3-19-6-4-5-10(19)7-18-8-11-13(16-17-14(11)20)12(9-18)15(21)22-2/h8-10H,3-7H2,1-2H3,(H,17,20)/t10-/m0/s1. The van der Waals surface area contributed by atoms with Crippen molar-refractivity contribution in [2.75, 3.05) is 20.2 Å². The number of nitrogens with one attached hydrogen (secondary N) is 1. The number of rotatable bonds is 4. The van der Waals surface area contributed by atoms with E-state index >= 15 is 0 Å². The molecule has 118 valence electrons. The number of H-pyrrole nitrogens is 1. The molecular formula is C15H20N4O3. The van der Waals surface area contributed by atoms with Gasteiger partial charge < -0.3 is 9.30 Å². The molecule has 0 aromatic heterocycles. The van der Waals surface area contributed by atoms with Crippen molar-refractivity contribution in [1.82, 2.24) is 19.7 Å². The van der Waals surface area contributed by atoms with Crippen LogP contribution in [0.5, 0.6) is 0 Å². The molecule has 0 aromatic carbocycles. The molecule has 3 rings (SSSR count). The molecule has 0 aliphatic carbocycles. The van der Waals surface area contributed by atoms with Crippen LogP contribution in [0.2, 0.25) is 0 Å². The first-order chi connectivity index (χ1) is 10.6. The van der Waals surface area contributed by atoms with Crippen molar-refractivity contribution in [3.63, 3.8) is 0 Å². The fourth-order valence-electron chi connectivity index (χ4n) is 3.22. The average Bonchev–Trinajstić information content (AvgIpc) is 3.13. The number of hydrogen-bond acceptors (Lipinski definition) is 5. The zero-order valence-corrected chi connectivity index (χ0v) is 12.8. The Morgan fingerprint density at radius 1 is 1.50 bits per heavy atom. The Bertz CT molecular complexity index is 705. The zero-order chi connectivity index (χ0) is 15.7. The summed E-state index contributed by atoms with van der Waals surface area (Å²) >= 11 is 0. The molecule has 7 nitrogen and oxygen atoms in total. The zero-order valence-electron chi connectivity index (χ0n) is 12.8. The van der Waals surface area contributed by atoms with Crippen LogP contribution in [0.15, 0.2) is 17.2 Å².